The van der Waals surface area contributed by atoms with Crippen molar-refractivity contribution in [2.75, 3.05) is 5.75 Å². The number of Topliss-reactive ketones (excluding diaryl/α,β-unsaturated/α-hetero) is 1. The highest BCUT2D eigenvalue weighted by Crippen LogP contribution is 2.21. The quantitative estimate of drug-likeness (QED) is 0.614. The van der Waals surface area contributed by atoms with Crippen LogP contribution >= 0.6 is 11.8 Å². The molecular weight excluding hydrogens is 266 g/mol. The number of rotatable bonds is 4. The molecule has 0 fully saturated rings. The molecule has 0 spiro atoms. The molecule has 0 bridgehead atoms. The minimum absolute atomic E-state index is 0.0910. The second kappa shape index (κ2) is 5.97. The Morgan fingerprint density at radius 1 is 1.11 bits per heavy atom. The molecule has 0 N–H and O–H groups in total. The molecule has 0 saturated heterocycles. The molecule has 0 unspecified atom stereocenters. The lowest BCUT2D eigenvalue weighted by molar-refractivity contribution is 0.102. The van der Waals surface area contributed by atoms with Crippen LogP contribution < -0.4 is 0 Å². The molecule has 2 rings (SSSR count). The van der Waals surface area contributed by atoms with Crippen LogP contribution in [-0.2, 0) is 0 Å². The van der Waals surface area contributed by atoms with Crippen molar-refractivity contribution >= 4 is 17.5 Å². The second-order valence-corrected chi connectivity index (χ2v) is 5.18. The van der Waals surface area contributed by atoms with Gasteiger partial charge in [-0.15, -0.1) is 11.8 Å². The van der Waals surface area contributed by atoms with E-state index in [2.05, 4.69) is 0 Å². The van der Waals surface area contributed by atoms with Gasteiger partial charge in [-0.3, -0.25) is 4.79 Å². The molecule has 2 aromatic carbocycles. The third kappa shape index (κ3) is 3.64. The number of thioether (sulfide) groups is 1. The first-order valence-corrected chi connectivity index (χ1v) is 6.72. The van der Waals surface area contributed by atoms with Crippen LogP contribution in [0.3, 0.4) is 0 Å². The number of benzene rings is 2. The van der Waals surface area contributed by atoms with E-state index >= 15 is 0 Å². The third-order valence-corrected chi connectivity index (χ3v) is 3.65. The largest absolute Gasteiger partial charge is 0.293 e. The molecule has 0 aromatic heterocycles. The number of hydrogen-bond acceptors (Lipinski definition) is 2. The topological polar surface area (TPSA) is 17.1 Å². The molecule has 98 valence electrons. The Kier molecular flexibility index (Phi) is 4.32. The fraction of sp³-hybridized carbons (Fsp3) is 0.133. The minimum atomic E-state index is -0.355. The van der Waals surface area contributed by atoms with Crippen molar-refractivity contribution in [2.24, 2.45) is 0 Å². The van der Waals surface area contributed by atoms with Gasteiger partial charge < -0.3 is 0 Å². The van der Waals surface area contributed by atoms with Crippen LogP contribution in [0, 0.1) is 18.6 Å². The molecule has 19 heavy (non-hydrogen) atoms. The summed E-state index contributed by atoms with van der Waals surface area (Å²) in [5.41, 5.74) is 1.12. The normalized spacial score (nSPS) is 10.5. The van der Waals surface area contributed by atoms with Crippen molar-refractivity contribution < 1.29 is 13.6 Å². The summed E-state index contributed by atoms with van der Waals surface area (Å²) in [4.78, 5) is 12.7. The SMILES string of the molecule is Cc1cc(F)ccc1C(=O)CSc1cccc(F)c1. The van der Waals surface area contributed by atoms with Crippen LogP contribution in [-0.4, -0.2) is 11.5 Å². The van der Waals surface area contributed by atoms with Gasteiger partial charge in [-0.05, 0) is 48.9 Å². The maximum Gasteiger partial charge on any atom is 0.173 e. The van der Waals surface area contributed by atoms with Gasteiger partial charge in [0.05, 0.1) is 5.75 Å². The third-order valence-electron chi connectivity index (χ3n) is 2.65. The van der Waals surface area contributed by atoms with Crippen LogP contribution in [0.15, 0.2) is 47.4 Å². The van der Waals surface area contributed by atoms with Gasteiger partial charge in [0.15, 0.2) is 5.78 Å². The number of carbonyl (C=O) groups is 1. The first-order chi connectivity index (χ1) is 9.06. The van der Waals surface area contributed by atoms with Gasteiger partial charge >= 0.3 is 0 Å². The Labute approximate surface area is 114 Å². The van der Waals surface area contributed by atoms with Crippen LogP contribution in [0.25, 0.3) is 0 Å². The summed E-state index contributed by atoms with van der Waals surface area (Å²) in [6, 6.07) is 10.2. The zero-order valence-electron chi connectivity index (χ0n) is 10.3. The van der Waals surface area contributed by atoms with Crippen LogP contribution in [0.5, 0.6) is 0 Å². The van der Waals surface area contributed by atoms with E-state index in [0.29, 0.717) is 16.0 Å². The Morgan fingerprint density at radius 3 is 2.53 bits per heavy atom. The summed E-state index contributed by atoms with van der Waals surface area (Å²) in [7, 11) is 0. The number of carbonyl (C=O) groups excluding carboxylic acids is 1. The highest BCUT2D eigenvalue weighted by molar-refractivity contribution is 8.00. The van der Waals surface area contributed by atoms with Crippen molar-refractivity contribution in [1.29, 1.82) is 0 Å². The van der Waals surface area contributed by atoms with Crippen molar-refractivity contribution in [3.8, 4) is 0 Å². The van der Waals surface area contributed by atoms with E-state index in [-0.39, 0.29) is 23.2 Å². The van der Waals surface area contributed by atoms with Crippen LogP contribution in [0.2, 0.25) is 0 Å². The van der Waals surface area contributed by atoms with E-state index in [1.54, 1.807) is 19.1 Å². The van der Waals surface area contributed by atoms with E-state index in [0.717, 1.165) is 0 Å². The molecule has 1 nitrogen and oxygen atoms in total. The lowest BCUT2D eigenvalue weighted by Gasteiger charge is -2.05. The number of ketones is 1. The van der Waals surface area contributed by atoms with Gasteiger partial charge in [-0.1, -0.05) is 6.07 Å². The Morgan fingerprint density at radius 2 is 1.84 bits per heavy atom. The average molecular weight is 278 g/mol. The molecule has 0 atom stereocenters. The van der Waals surface area contributed by atoms with Crippen molar-refractivity contribution in [1.82, 2.24) is 0 Å². The standard InChI is InChI=1S/C15H12F2OS/c1-10-7-12(17)5-6-14(10)15(18)9-19-13-4-2-3-11(16)8-13/h2-8H,9H2,1H3. The van der Waals surface area contributed by atoms with E-state index < -0.39 is 0 Å². The van der Waals surface area contributed by atoms with Gasteiger partial charge in [0.25, 0.3) is 0 Å². The summed E-state index contributed by atoms with van der Waals surface area (Å²) >= 11 is 1.27. The van der Waals surface area contributed by atoms with Crippen LogP contribution in [0.4, 0.5) is 8.78 Å². The zero-order valence-corrected chi connectivity index (χ0v) is 11.1. The summed E-state index contributed by atoms with van der Waals surface area (Å²) in [5, 5.41) is 0. The molecule has 0 aliphatic rings. The van der Waals surface area contributed by atoms with Gasteiger partial charge in [-0.2, -0.15) is 0 Å². The van der Waals surface area contributed by atoms with Gasteiger partial charge in [0.1, 0.15) is 11.6 Å². The monoisotopic (exact) mass is 278 g/mol. The highest BCUT2D eigenvalue weighted by atomic mass is 32.2. The summed E-state index contributed by atoms with van der Waals surface area (Å²) in [6.45, 7) is 1.70. The van der Waals surface area contributed by atoms with Crippen LogP contribution in [0.1, 0.15) is 15.9 Å². The maximum absolute atomic E-state index is 13.0. The predicted molar refractivity (Wildman–Crippen MR) is 72.6 cm³/mol. The molecule has 0 aliphatic heterocycles. The predicted octanol–water partition coefficient (Wildman–Crippen LogP) is 4.25. The van der Waals surface area contributed by atoms with Gasteiger partial charge in [-0.25, -0.2) is 8.78 Å². The lowest BCUT2D eigenvalue weighted by atomic mass is 10.1. The Hall–Kier alpha value is -1.68. The van der Waals surface area contributed by atoms with Crippen molar-refractivity contribution in [3.05, 3.63) is 65.2 Å². The first kappa shape index (κ1) is 13.7. The zero-order chi connectivity index (χ0) is 13.8. The van der Waals surface area contributed by atoms with Crippen molar-refractivity contribution in [3.63, 3.8) is 0 Å². The average Bonchev–Trinajstić information content (AvgIpc) is 2.36. The Bertz CT molecular complexity index is 611. The molecule has 4 heteroatoms. The molecule has 0 radical (unpaired) electrons. The number of aryl methyl sites for hydroxylation is 1. The van der Waals surface area contributed by atoms with Gasteiger partial charge in [0, 0.05) is 10.5 Å². The van der Waals surface area contributed by atoms with E-state index in [9.17, 15) is 13.6 Å². The fourth-order valence-electron chi connectivity index (χ4n) is 1.72. The molecule has 2 aromatic rings. The molecule has 0 aliphatic carbocycles. The number of halogens is 2. The maximum atomic E-state index is 13.0. The molecule has 0 saturated carbocycles. The Balaban J connectivity index is 2.05. The fourth-order valence-corrected chi connectivity index (χ4v) is 2.55. The smallest absolute Gasteiger partial charge is 0.173 e. The summed E-state index contributed by atoms with van der Waals surface area (Å²) in [6.07, 6.45) is 0. The first-order valence-electron chi connectivity index (χ1n) is 5.74. The number of hydrogen-bond donors (Lipinski definition) is 0. The van der Waals surface area contributed by atoms with E-state index in [4.69, 9.17) is 0 Å². The van der Waals surface area contributed by atoms with E-state index in [1.165, 1.54) is 42.1 Å². The second-order valence-electron chi connectivity index (χ2n) is 4.13. The molecule has 0 amide bonds. The highest BCUT2D eigenvalue weighted by Gasteiger charge is 2.10. The lowest BCUT2D eigenvalue weighted by Crippen LogP contribution is -2.05. The molecule has 0 heterocycles. The minimum Gasteiger partial charge on any atom is -0.293 e. The summed E-state index contributed by atoms with van der Waals surface area (Å²) < 4.78 is 25.9. The summed E-state index contributed by atoms with van der Waals surface area (Å²) in [5.74, 6) is -0.565. The molecular formula is C15H12F2OS. The van der Waals surface area contributed by atoms with E-state index in [1.807, 2.05) is 0 Å². The van der Waals surface area contributed by atoms with Gasteiger partial charge in [0.2, 0.25) is 0 Å². The van der Waals surface area contributed by atoms with Crippen molar-refractivity contribution in [2.45, 2.75) is 11.8 Å².